The van der Waals surface area contributed by atoms with Gasteiger partial charge in [-0.15, -0.1) is 0 Å². The van der Waals surface area contributed by atoms with Gasteiger partial charge in [-0.05, 0) is 46.3 Å². The third kappa shape index (κ3) is 7.18. The van der Waals surface area contributed by atoms with Crippen LogP contribution in [-0.4, -0.2) is 45.0 Å². The first-order valence-corrected chi connectivity index (χ1v) is 11.7. The van der Waals surface area contributed by atoms with Crippen LogP contribution in [0.25, 0.3) is 10.8 Å². The van der Waals surface area contributed by atoms with E-state index in [-0.39, 0.29) is 17.9 Å². The summed E-state index contributed by atoms with van der Waals surface area (Å²) in [6.07, 6.45) is -10.3. The number of hydrogen-bond acceptors (Lipinski definition) is 6. The number of carbonyl (C=O) groups excluding carboxylic acids is 3. The molecule has 15 heteroatoms. The van der Waals surface area contributed by atoms with E-state index in [2.05, 4.69) is 21.9 Å². The predicted octanol–water partition coefficient (Wildman–Crippen LogP) is 5.81. The molecule has 1 aliphatic heterocycles. The number of alkyl halides is 6. The first-order valence-electron chi connectivity index (χ1n) is 11.3. The first kappa shape index (κ1) is 30.6. The highest BCUT2D eigenvalue weighted by atomic mass is 35.5. The summed E-state index contributed by atoms with van der Waals surface area (Å²) in [6.45, 7) is 0.209. The maximum atomic E-state index is 13.3. The molecule has 2 heterocycles. The highest BCUT2D eigenvalue weighted by Gasteiger charge is 2.47. The normalized spacial score (nSPS) is 17.2. The monoisotopic (exact) mass is 591 g/mol. The van der Waals surface area contributed by atoms with Gasteiger partial charge in [-0.3, -0.25) is 9.78 Å². The number of halogens is 7. The van der Waals surface area contributed by atoms with Crippen LogP contribution in [0.4, 0.5) is 35.9 Å². The van der Waals surface area contributed by atoms with Crippen LogP contribution in [0.2, 0.25) is 0 Å². The van der Waals surface area contributed by atoms with Gasteiger partial charge in [0.1, 0.15) is 6.04 Å². The average molecular weight is 592 g/mol. The molecule has 0 unspecified atom stereocenters. The number of aromatic nitrogens is 1. The van der Waals surface area contributed by atoms with E-state index in [0.717, 1.165) is 10.8 Å². The molecule has 40 heavy (non-hydrogen) atoms. The highest BCUT2D eigenvalue weighted by molar-refractivity contribution is 6.62. The van der Waals surface area contributed by atoms with Crippen LogP contribution in [0.15, 0.2) is 54.9 Å². The van der Waals surface area contributed by atoms with Crippen molar-refractivity contribution in [1.29, 1.82) is 0 Å². The number of nitrogens with one attached hydrogen (secondary N) is 1. The Morgan fingerprint density at radius 1 is 1.05 bits per heavy atom. The van der Waals surface area contributed by atoms with Gasteiger partial charge in [-0.1, -0.05) is 24.3 Å². The van der Waals surface area contributed by atoms with Crippen molar-refractivity contribution < 1.29 is 50.6 Å². The number of cyclic esters (lactones) is 1. The van der Waals surface area contributed by atoms with E-state index in [1.165, 1.54) is 13.1 Å². The minimum Gasteiger partial charge on any atom is -0.439 e. The lowest BCUT2D eigenvalue weighted by Gasteiger charge is -2.23. The van der Waals surface area contributed by atoms with E-state index in [1.54, 1.807) is 30.5 Å². The second-order valence-corrected chi connectivity index (χ2v) is 8.94. The zero-order chi connectivity index (χ0) is 29.8. The van der Waals surface area contributed by atoms with E-state index < -0.39 is 59.9 Å². The second-order valence-electron chi connectivity index (χ2n) is 8.41. The van der Waals surface area contributed by atoms with Gasteiger partial charge in [0, 0.05) is 31.2 Å². The fourth-order valence-electron chi connectivity index (χ4n) is 3.94. The number of nitrogens with zero attached hydrogens (tertiary/aromatic N) is 2. The molecule has 2 atom stereocenters. The SMILES string of the molecule is CC(=O)Cl.O=C(NCc1cncc2ccccc12)N1C(=O)O[C@H](c2cc(C(F)(F)F)cc(C(F)(F)F)c2)[C@@H]1CO. The fraction of sp³-hybridized carbons (Fsp3) is 0.280. The molecule has 1 fully saturated rings. The van der Waals surface area contributed by atoms with Crippen LogP contribution >= 0.6 is 11.6 Å². The molecule has 0 saturated carbocycles. The summed E-state index contributed by atoms with van der Waals surface area (Å²) in [5, 5.41) is 13.4. The quantitative estimate of drug-likeness (QED) is 0.293. The predicted molar refractivity (Wildman–Crippen MR) is 129 cm³/mol. The van der Waals surface area contributed by atoms with Gasteiger partial charge < -0.3 is 15.2 Å². The maximum Gasteiger partial charge on any atom is 0.419 e. The Bertz CT molecular complexity index is 1370. The summed E-state index contributed by atoms with van der Waals surface area (Å²) in [5.41, 5.74) is -3.32. The number of imide groups is 1. The first-order chi connectivity index (χ1) is 18.6. The zero-order valence-electron chi connectivity index (χ0n) is 20.4. The number of amides is 3. The summed E-state index contributed by atoms with van der Waals surface area (Å²) in [5.74, 6) is 0. The molecule has 0 radical (unpaired) electrons. The molecule has 2 N–H and O–H groups in total. The van der Waals surface area contributed by atoms with Gasteiger partial charge in [-0.2, -0.15) is 26.3 Å². The second kappa shape index (κ2) is 12.1. The van der Waals surface area contributed by atoms with Gasteiger partial charge in [0.25, 0.3) is 0 Å². The number of pyridine rings is 1. The molecule has 2 aromatic carbocycles. The summed E-state index contributed by atoms with van der Waals surface area (Å²) in [6, 6.07) is 5.20. The molecule has 8 nitrogen and oxygen atoms in total. The van der Waals surface area contributed by atoms with Crippen LogP contribution in [-0.2, 0) is 28.4 Å². The number of fused-ring (bicyclic) bond motifs is 1. The third-order valence-electron chi connectivity index (χ3n) is 5.63. The summed E-state index contributed by atoms with van der Waals surface area (Å²) >= 11 is 4.64. The van der Waals surface area contributed by atoms with Crippen LogP contribution in [0.1, 0.15) is 35.3 Å². The summed E-state index contributed by atoms with van der Waals surface area (Å²) < 4.78 is 84.5. The Morgan fingerprint density at radius 2 is 1.62 bits per heavy atom. The van der Waals surface area contributed by atoms with Gasteiger partial charge in [0.2, 0.25) is 5.24 Å². The van der Waals surface area contributed by atoms with Gasteiger partial charge in [-0.25, -0.2) is 14.5 Å². The van der Waals surface area contributed by atoms with Crippen molar-refractivity contribution in [2.45, 2.75) is 38.0 Å². The third-order valence-corrected chi connectivity index (χ3v) is 5.63. The highest BCUT2D eigenvalue weighted by Crippen LogP contribution is 2.40. The van der Waals surface area contributed by atoms with E-state index in [1.807, 2.05) is 0 Å². The number of benzene rings is 2. The number of hydrogen-bond donors (Lipinski definition) is 2. The number of aliphatic hydroxyl groups is 1. The van der Waals surface area contributed by atoms with Gasteiger partial charge in [0.15, 0.2) is 6.10 Å². The van der Waals surface area contributed by atoms with Crippen molar-refractivity contribution in [3.05, 3.63) is 77.1 Å². The van der Waals surface area contributed by atoms with E-state index >= 15 is 0 Å². The molecule has 4 rings (SSSR count). The van der Waals surface area contributed by atoms with Crippen molar-refractivity contribution >= 4 is 39.7 Å². The zero-order valence-corrected chi connectivity index (χ0v) is 21.1. The van der Waals surface area contributed by atoms with E-state index in [4.69, 9.17) is 4.74 Å². The summed E-state index contributed by atoms with van der Waals surface area (Å²) in [4.78, 5) is 38.9. The largest absolute Gasteiger partial charge is 0.439 e. The van der Waals surface area contributed by atoms with Crippen LogP contribution in [0.5, 0.6) is 0 Å². The minimum absolute atomic E-state index is 0.0725. The molecule has 214 valence electrons. The smallest absolute Gasteiger partial charge is 0.419 e. The fourth-order valence-corrected chi connectivity index (χ4v) is 3.94. The lowest BCUT2D eigenvalue weighted by atomic mass is 9.97. The molecule has 3 amide bonds. The number of aliphatic hydroxyl groups excluding tert-OH is 1. The summed E-state index contributed by atoms with van der Waals surface area (Å²) in [7, 11) is 0. The van der Waals surface area contributed by atoms with Crippen LogP contribution in [0, 0.1) is 0 Å². The van der Waals surface area contributed by atoms with Crippen molar-refractivity contribution in [2.75, 3.05) is 6.61 Å². The Labute approximate surface area is 227 Å². The van der Waals surface area contributed by atoms with Crippen molar-refractivity contribution in [3.8, 4) is 0 Å². The van der Waals surface area contributed by atoms with Gasteiger partial charge in [0.05, 0.1) is 17.7 Å². The standard InChI is InChI=1S/C23H17F6N3O4.C2H3ClO/c24-22(25,26)15-5-13(6-16(7-15)23(27,28)29)19-18(11-33)32(21(35)36-19)20(34)31-10-14-9-30-8-12-3-1-2-4-17(12)14;1-2(3)4/h1-9,18-19,33H,10-11H2,(H,31,34);1H3/t18-,19+;/m0./s1. The van der Waals surface area contributed by atoms with E-state index in [9.17, 15) is 45.8 Å². The lowest BCUT2D eigenvalue weighted by Crippen LogP contribution is -2.47. The molecule has 3 aromatic rings. The van der Waals surface area contributed by atoms with Gasteiger partial charge >= 0.3 is 24.5 Å². The molecule has 1 saturated heterocycles. The Morgan fingerprint density at radius 3 is 2.17 bits per heavy atom. The van der Waals surface area contributed by atoms with Crippen LogP contribution in [0.3, 0.4) is 0 Å². The topological polar surface area (TPSA) is 109 Å². The number of urea groups is 1. The minimum atomic E-state index is -5.13. The Kier molecular flexibility index (Phi) is 9.25. The Balaban J connectivity index is 0.00000103. The lowest BCUT2D eigenvalue weighted by molar-refractivity contribution is -0.143. The molecule has 0 spiro atoms. The molecule has 1 aromatic heterocycles. The maximum absolute atomic E-state index is 13.3. The average Bonchev–Trinajstić information content (AvgIpc) is 3.21. The number of carbonyl (C=O) groups is 3. The van der Waals surface area contributed by atoms with Crippen molar-refractivity contribution in [1.82, 2.24) is 15.2 Å². The number of rotatable bonds is 4. The molecule has 0 bridgehead atoms. The Hall–Kier alpha value is -3.91. The van der Waals surface area contributed by atoms with E-state index in [0.29, 0.717) is 22.6 Å². The van der Waals surface area contributed by atoms with Crippen LogP contribution < -0.4 is 5.32 Å². The number of ether oxygens (including phenoxy) is 1. The molecular formula is C25H20ClF6N3O5. The molecular weight excluding hydrogens is 572 g/mol. The molecule has 0 aliphatic carbocycles. The van der Waals surface area contributed by atoms with Crippen molar-refractivity contribution in [2.24, 2.45) is 0 Å². The van der Waals surface area contributed by atoms with Crippen molar-refractivity contribution in [3.63, 3.8) is 0 Å². The molecule has 1 aliphatic rings.